The van der Waals surface area contributed by atoms with Crippen LogP contribution >= 0.6 is 0 Å². The van der Waals surface area contributed by atoms with E-state index in [1.807, 2.05) is 44.4 Å². The van der Waals surface area contributed by atoms with Crippen LogP contribution in [0.3, 0.4) is 0 Å². The highest BCUT2D eigenvalue weighted by Gasteiger charge is 2.36. The van der Waals surface area contributed by atoms with Gasteiger partial charge in [-0.25, -0.2) is 0 Å². The number of carbonyl (C=O) groups is 1. The van der Waals surface area contributed by atoms with Crippen molar-refractivity contribution >= 4 is 23.0 Å². The first kappa shape index (κ1) is 20.9. The molecule has 0 spiro atoms. The summed E-state index contributed by atoms with van der Waals surface area (Å²) in [5.74, 6) is 0.123. The van der Waals surface area contributed by atoms with Gasteiger partial charge in [0.2, 0.25) is 5.91 Å². The van der Waals surface area contributed by atoms with Gasteiger partial charge in [-0.2, -0.15) is 5.26 Å². The molecule has 5 rings (SSSR count). The van der Waals surface area contributed by atoms with E-state index in [2.05, 4.69) is 34.5 Å². The fraction of sp³-hybridized carbons (Fsp3) is 0.222. The summed E-state index contributed by atoms with van der Waals surface area (Å²) in [6, 6.07) is 21.6. The maximum absolute atomic E-state index is 13.1. The zero-order chi connectivity index (χ0) is 22.9. The smallest absolute Gasteiger partial charge is 0.238 e. The molecule has 3 aromatic rings. The van der Waals surface area contributed by atoms with Gasteiger partial charge in [-0.3, -0.25) is 9.79 Å². The monoisotopic (exact) mass is 436 g/mol. The largest absolute Gasteiger partial charge is 0.493 e. The lowest BCUT2D eigenvalue weighted by atomic mass is 9.89. The van der Waals surface area contributed by atoms with Crippen LogP contribution in [0.2, 0.25) is 0 Å². The normalized spacial score (nSPS) is 16.7. The van der Waals surface area contributed by atoms with Crippen LogP contribution in [0, 0.1) is 11.3 Å². The molecule has 0 radical (unpaired) electrons. The van der Waals surface area contributed by atoms with Gasteiger partial charge in [-0.15, -0.1) is 0 Å². The van der Waals surface area contributed by atoms with E-state index in [0.717, 1.165) is 35.5 Å². The summed E-state index contributed by atoms with van der Waals surface area (Å²) in [6.45, 7) is 1.51. The van der Waals surface area contributed by atoms with Crippen molar-refractivity contribution in [1.82, 2.24) is 4.90 Å². The number of ether oxygens (including phenoxy) is 1. The van der Waals surface area contributed by atoms with Crippen LogP contribution in [0.5, 0.6) is 5.75 Å². The first-order valence-corrected chi connectivity index (χ1v) is 10.9. The van der Waals surface area contributed by atoms with E-state index in [1.54, 1.807) is 12.1 Å². The third kappa shape index (κ3) is 4.11. The standard InChI is InChI=1S/C27H24N4O2/c1-31(2)16-17-3-8-21(9-4-17)29-26(20-7-6-19-11-12-33-24(19)14-20)25-22-10-5-18(15-28)13-23(22)30-27(25)32/h3-10,13-14,25H,11-12,16H2,1-2H3,(H,30,32). The molecule has 0 aromatic heterocycles. The van der Waals surface area contributed by atoms with E-state index in [1.165, 1.54) is 11.1 Å². The molecule has 1 unspecified atom stereocenters. The third-order valence-electron chi connectivity index (χ3n) is 5.96. The lowest BCUT2D eigenvalue weighted by Crippen LogP contribution is -2.22. The number of anilines is 1. The summed E-state index contributed by atoms with van der Waals surface area (Å²) in [7, 11) is 4.07. The number of rotatable bonds is 5. The van der Waals surface area contributed by atoms with Gasteiger partial charge in [-0.05, 0) is 61.1 Å². The first-order chi connectivity index (χ1) is 16.0. The molecule has 0 fully saturated rings. The number of fused-ring (bicyclic) bond motifs is 2. The predicted molar refractivity (Wildman–Crippen MR) is 128 cm³/mol. The maximum Gasteiger partial charge on any atom is 0.238 e. The van der Waals surface area contributed by atoms with Crippen molar-refractivity contribution in [3.8, 4) is 11.8 Å². The number of nitrogens with zero attached hydrogens (tertiary/aromatic N) is 3. The number of hydrogen-bond acceptors (Lipinski definition) is 5. The Labute approximate surface area is 193 Å². The molecule has 1 N–H and O–H groups in total. The molecule has 0 saturated carbocycles. The second kappa shape index (κ2) is 8.53. The van der Waals surface area contributed by atoms with Gasteiger partial charge in [0.1, 0.15) is 11.7 Å². The van der Waals surface area contributed by atoms with E-state index in [-0.39, 0.29) is 5.91 Å². The molecule has 6 nitrogen and oxygen atoms in total. The van der Waals surface area contributed by atoms with Crippen LogP contribution < -0.4 is 10.1 Å². The predicted octanol–water partition coefficient (Wildman–Crippen LogP) is 4.41. The Bertz CT molecular complexity index is 1300. The Balaban J connectivity index is 1.61. The average molecular weight is 437 g/mol. The summed E-state index contributed by atoms with van der Waals surface area (Å²) < 4.78 is 5.79. The highest BCUT2D eigenvalue weighted by atomic mass is 16.5. The Kier molecular flexibility index (Phi) is 5.41. The average Bonchev–Trinajstić information content (AvgIpc) is 3.40. The molecule has 3 aromatic carbocycles. The minimum Gasteiger partial charge on any atom is -0.493 e. The van der Waals surface area contributed by atoms with Crippen LogP contribution in [-0.2, 0) is 17.8 Å². The Morgan fingerprint density at radius 2 is 1.97 bits per heavy atom. The topological polar surface area (TPSA) is 77.7 Å². The number of nitrogens with one attached hydrogen (secondary N) is 1. The van der Waals surface area contributed by atoms with E-state index < -0.39 is 5.92 Å². The van der Waals surface area contributed by atoms with Crippen LogP contribution in [0.15, 0.2) is 65.7 Å². The lowest BCUT2D eigenvalue weighted by Gasteiger charge is -2.15. The van der Waals surface area contributed by atoms with Gasteiger partial charge in [0.25, 0.3) is 0 Å². The molecule has 33 heavy (non-hydrogen) atoms. The molecule has 1 atom stereocenters. The molecular weight excluding hydrogens is 412 g/mol. The highest BCUT2D eigenvalue weighted by Crippen LogP contribution is 2.38. The number of nitriles is 1. The number of carbonyl (C=O) groups excluding carboxylic acids is 1. The summed E-state index contributed by atoms with van der Waals surface area (Å²) in [4.78, 5) is 20.2. The van der Waals surface area contributed by atoms with Gasteiger partial charge in [0, 0.05) is 24.2 Å². The Morgan fingerprint density at radius 1 is 1.15 bits per heavy atom. The van der Waals surface area contributed by atoms with E-state index in [0.29, 0.717) is 23.6 Å². The van der Waals surface area contributed by atoms with Crippen molar-refractivity contribution in [2.45, 2.75) is 18.9 Å². The minimum absolute atomic E-state index is 0.149. The summed E-state index contributed by atoms with van der Waals surface area (Å²) in [5, 5.41) is 12.2. The lowest BCUT2D eigenvalue weighted by molar-refractivity contribution is -0.115. The second-order valence-corrected chi connectivity index (χ2v) is 8.66. The van der Waals surface area contributed by atoms with Crippen molar-refractivity contribution in [2.24, 2.45) is 4.99 Å². The zero-order valence-electron chi connectivity index (χ0n) is 18.6. The van der Waals surface area contributed by atoms with Crippen LogP contribution in [0.1, 0.15) is 33.7 Å². The van der Waals surface area contributed by atoms with Crippen molar-refractivity contribution < 1.29 is 9.53 Å². The number of aliphatic imine (C=N–C) groups is 1. The van der Waals surface area contributed by atoms with Gasteiger partial charge in [0.15, 0.2) is 0 Å². The zero-order valence-corrected chi connectivity index (χ0v) is 18.6. The second-order valence-electron chi connectivity index (χ2n) is 8.66. The first-order valence-electron chi connectivity index (χ1n) is 10.9. The van der Waals surface area contributed by atoms with Gasteiger partial charge in [-0.1, -0.05) is 30.3 Å². The molecule has 2 heterocycles. The van der Waals surface area contributed by atoms with Gasteiger partial charge in [0.05, 0.1) is 29.6 Å². The highest BCUT2D eigenvalue weighted by molar-refractivity contribution is 6.24. The fourth-order valence-electron chi connectivity index (χ4n) is 4.41. The number of amides is 1. The van der Waals surface area contributed by atoms with Gasteiger partial charge < -0.3 is 15.0 Å². The van der Waals surface area contributed by atoms with Crippen LogP contribution in [0.25, 0.3) is 0 Å². The minimum atomic E-state index is -0.575. The van der Waals surface area contributed by atoms with E-state index in [9.17, 15) is 10.1 Å². The molecule has 1 amide bonds. The number of benzene rings is 3. The Morgan fingerprint density at radius 3 is 2.73 bits per heavy atom. The summed E-state index contributed by atoms with van der Waals surface area (Å²) in [6.07, 6.45) is 0.888. The van der Waals surface area contributed by atoms with E-state index >= 15 is 0 Å². The number of hydrogen-bond donors (Lipinski definition) is 1. The summed E-state index contributed by atoms with van der Waals surface area (Å²) in [5.41, 5.74) is 6.65. The van der Waals surface area contributed by atoms with E-state index in [4.69, 9.17) is 9.73 Å². The molecule has 2 aliphatic rings. The Hall–Kier alpha value is -3.95. The van der Waals surface area contributed by atoms with Crippen molar-refractivity contribution in [3.05, 3.63) is 88.5 Å². The molecule has 0 saturated heterocycles. The fourth-order valence-corrected chi connectivity index (χ4v) is 4.41. The molecule has 164 valence electrons. The summed E-state index contributed by atoms with van der Waals surface area (Å²) >= 11 is 0. The van der Waals surface area contributed by atoms with Crippen molar-refractivity contribution in [1.29, 1.82) is 5.26 Å². The molecule has 0 aliphatic carbocycles. The molecular formula is C27H24N4O2. The SMILES string of the molecule is CN(C)Cc1ccc(N=C(c2ccc3c(c2)OCC3)C2C(=O)Nc3cc(C#N)ccc32)cc1. The molecule has 6 heteroatoms. The van der Waals surface area contributed by atoms with Crippen molar-refractivity contribution in [3.63, 3.8) is 0 Å². The van der Waals surface area contributed by atoms with Gasteiger partial charge >= 0.3 is 0 Å². The maximum atomic E-state index is 13.1. The quantitative estimate of drug-likeness (QED) is 0.601. The van der Waals surface area contributed by atoms with Crippen LogP contribution in [-0.4, -0.2) is 37.2 Å². The molecule has 0 bridgehead atoms. The third-order valence-corrected chi connectivity index (χ3v) is 5.96. The van der Waals surface area contributed by atoms with Crippen molar-refractivity contribution in [2.75, 3.05) is 26.0 Å². The molecule has 2 aliphatic heterocycles. The van der Waals surface area contributed by atoms with Crippen LogP contribution in [0.4, 0.5) is 11.4 Å².